The van der Waals surface area contributed by atoms with E-state index in [-0.39, 0.29) is 0 Å². The van der Waals surface area contributed by atoms with Crippen LogP contribution in [-0.2, 0) is 10.8 Å². The maximum atomic E-state index is 3.61. The first-order valence-electron chi connectivity index (χ1n) is 28.6. The molecule has 2 heterocycles. The van der Waals surface area contributed by atoms with Crippen LogP contribution in [0, 0.1) is 0 Å². The summed E-state index contributed by atoms with van der Waals surface area (Å²) in [4.78, 5) is 3.61. The summed E-state index contributed by atoms with van der Waals surface area (Å²) in [5.41, 5.74) is 30.4. The number of nitrogens with zero attached hydrogens (tertiary/aromatic N) is 1. The van der Waals surface area contributed by atoms with Gasteiger partial charge in [-0.15, -0.1) is 0 Å². The molecule has 0 unspecified atom stereocenters. The first-order valence-corrected chi connectivity index (χ1v) is 28.6. The number of hydrogen-bond donors (Lipinski definition) is 1. The lowest BCUT2D eigenvalue weighted by Gasteiger charge is -2.34. The number of rotatable bonds is 6. The van der Waals surface area contributed by atoms with E-state index in [2.05, 4.69) is 307 Å². The molecule has 0 fully saturated rings. The van der Waals surface area contributed by atoms with Crippen LogP contribution in [0.1, 0.15) is 44.5 Å². The normalized spacial score (nSPS) is 13.8. The zero-order valence-corrected chi connectivity index (χ0v) is 44.7. The Hall–Kier alpha value is -10.5. The smallest absolute Gasteiger partial charge is 0.0725 e. The zero-order chi connectivity index (χ0) is 53.7. The van der Waals surface area contributed by atoms with Crippen molar-refractivity contribution >= 4 is 43.6 Å². The van der Waals surface area contributed by atoms with Crippen LogP contribution in [0.25, 0.3) is 116 Å². The van der Waals surface area contributed by atoms with Crippen molar-refractivity contribution in [3.63, 3.8) is 0 Å². The second-order valence-electron chi connectivity index (χ2n) is 22.7. The summed E-state index contributed by atoms with van der Waals surface area (Å²) in [5.74, 6) is 0. The van der Waals surface area contributed by atoms with E-state index in [1.54, 1.807) is 0 Å². The number of H-pyrrole nitrogens is 1. The number of hydrogen-bond acceptors (Lipinski definition) is 0. The van der Waals surface area contributed by atoms with Crippen molar-refractivity contribution in [1.29, 1.82) is 0 Å². The Kier molecular flexibility index (Phi) is 9.39. The third-order valence-corrected chi connectivity index (χ3v) is 18.9. The van der Waals surface area contributed by atoms with Crippen LogP contribution in [0.4, 0.5) is 0 Å². The SMILES string of the molecule is c1ccc(C2(c3ccccc3)c3ccccc3-c3ccc(-c4ccc5c(c4)c4cc(-c6ccc7c(c6)C6(c8ccccc8-c8ccccc86)c6ccccc6-7)ccc4n5-c4ccc(-c5ccc6[nH]c7ccccc7c6c5)cc4)cc32)cc1. The summed E-state index contributed by atoms with van der Waals surface area (Å²) in [5, 5.41) is 4.92. The number of benzene rings is 13. The molecule has 2 aromatic heterocycles. The van der Waals surface area contributed by atoms with Gasteiger partial charge in [0.25, 0.3) is 0 Å². The van der Waals surface area contributed by atoms with Crippen molar-refractivity contribution in [2.75, 3.05) is 0 Å². The standard InChI is InChI=1S/C80H50N2/c1-3-17-56(18-4-1)79(57-19-5-2-6-20-57)69-26-12-7-23-61(69)63-40-33-54(48-73(63)79)52-36-43-77-67(46-52)68-47-53(37-44-78(68)82(77)58-38-31-50(32-39-58)51-35-42-76-66(45-51)65-25-11-16-30-75(65)81-76)55-34-41-64-62-24-10-15-29-72(62)80(74(64)49-55)70-27-13-8-21-59(70)60-22-9-14-28-71(60)80/h1-49,81H. The van der Waals surface area contributed by atoms with Gasteiger partial charge in [-0.1, -0.05) is 231 Å². The van der Waals surface area contributed by atoms with E-state index >= 15 is 0 Å². The molecule has 0 atom stereocenters. The second kappa shape index (κ2) is 17.0. The number of aromatic nitrogens is 2. The Morgan fingerprint density at radius 3 is 1.13 bits per heavy atom. The first kappa shape index (κ1) is 45.3. The van der Waals surface area contributed by atoms with Gasteiger partial charge in [0.1, 0.15) is 0 Å². The number of para-hydroxylation sites is 1. The minimum Gasteiger partial charge on any atom is -0.355 e. The second-order valence-corrected chi connectivity index (χ2v) is 22.7. The average molecular weight is 1040 g/mol. The average Bonchev–Trinajstić information content (AvgIpc) is 1.78. The maximum Gasteiger partial charge on any atom is 0.0725 e. The topological polar surface area (TPSA) is 20.7 Å². The molecule has 380 valence electrons. The van der Waals surface area contributed by atoms with E-state index in [1.807, 2.05) is 0 Å². The molecule has 0 radical (unpaired) electrons. The number of nitrogens with one attached hydrogen (secondary N) is 1. The van der Waals surface area contributed by atoms with Gasteiger partial charge in [-0.2, -0.15) is 0 Å². The Morgan fingerprint density at radius 2 is 0.598 bits per heavy atom. The van der Waals surface area contributed by atoms with E-state index in [0.29, 0.717) is 0 Å². The lowest BCUT2D eigenvalue weighted by Crippen LogP contribution is -2.28. The molecule has 0 bridgehead atoms. The van der Waals surface area contributed by atoms with Gasteiger partial charge in [-0.3, -0.25) is 0 Å². The van der Waals surface area contributed by atoms with E-state index in [9.17, 15) is 0 Å². The molecule has 0 saturated carbocycles. The monoisotopic (exact) mass is 1040 g/mol. The van der Waals surface area contributed by atoms with Crippen molar-refractivity contribution in [1.82, 2.24) is 9.55 Å². The Labute approximate surface area is 475 Å². The lowest BCUT2D eigenvalue weighted by atomic mass is 9.67. The van der Waals surface area contributed by atoms with Gasteiger partial charge in [0.2, 0.25) is 0 Å². The van der Waals surface area contributed by atoms with E-state index in [4.69, 9.17) is 0 Å². The maximum absolute atomic E-state index is 3.61. The summed E-state index contributed by atoms with van der Waals surface area (Å²) in [6, 6.07) is 112. The predicted molar refractivity (Wildman–Crippen MR) is 340 cm³/mol. The van der Waals surface area contributed by atoms with E-state index in [0.717, 1.165) is 16.7 Å². The van der Waals surface area contributed by atoms with Crippen LogP contribution < -0.4 is 0 Å². The number of aromatic amines is 1. The van der Waals surface area contributed by atoms with Crippen LogP contribution in [0.2, 0.25) is 0 Å². The minimum absolute atomic E-state index is 0.423. The molecule has 82 heavy (non-hydrogen) atoms. The molecule has 15 aromatic rings. The molecule has 0 saturated heterocycles. The van der Waals surface area contributed by atoms with Crippen molar-refractivity contribution in [2.45, 2.75) is 10.8 Å². The molecule has 3 aliphatic rings. The highest BCUT2D eigenvalue weighted by Gasteiger charge is 2.52. The van der Waals surface area contributed by atoms with Crippen LogP contribution >= 0.6 is 0 Å². The Bertz CT molecular complexity index is 4890. The van der Waals surface area contributed by atoms with Crippen molar-refractivity contribution < 1.29 is 0 Å². The minimum atomic E-state index is -0.495. The summed E-state index contributed by atoms with van der Waals surface area (Å²) in [6.45, 7) is 0. The van der Waals surface area contributed by atoms with Crippen LogP contribution in [0.5, 0.6) is 0 Å². The molecule has 3 aliphatic carbocycles. The molecule has 1 spiro atoms. The lowest BCUT2D eigenvalue weighted by molar-refractivity contribution is 0.769. The Balaban J connectivity index is 0.831. The van der Waals surface area contributed by atoms with Crippen LogP contribution in [0.15, 0.2) is 297 Å². The summed E-state index contributed by atoms with van der Waals surface area (Å²) in [7, 11) is 0. The fraction of sp³-hybridized carbons (Fsp3) is 0.0250. The van der Waals surface area contributed by atoms with Gasteiger partial charge < -0.3 is 9.55 Å². The molecular formula is C80H50N2. The van der Waals surface area contributed by atoms with Gasteiger partial charge in [0.15, 0.2) is 0 Å². The highest BCUT2D eigenvalue weighted by Crippen LogP contribution is 2.63. The summed E-state index contributed by atoms with van der Waals surface area (Å²) < 4.78 is 2.47. The molecule has 2 nitrogen and oxygen atoms in total. The fourth-order valence-electron chi connectivity index (χ4n) is 15.4. The largest absolute Gasteiger partial charge is 0.355 e. The molecule has 13 aromatic carbocycles. The third-order valence-electron chi connectivity index (χ3n) is 18.9. The summed E-state index contributed by atoms with van der Waals surface area (Å²) >= 11 is 0. The molecule has 1 N–H and O–H groups in total. The van der Waals surface area contributed by atoms with E-state index < -0.39 is 10.8 Å². The highest BCUT2D eigenvalue weighted by molar-refractivity contribution is 6.12. The molecular weight excluding hydrogens is 989 g/mol. The van der Waals surface area contributed by atoms with Gasteiger partial charge in [-0.05, 0) is 178 Å². The van der Waals surface area contributed by atoms with Gasteiger partial charge in [0, 0.05) is 38.3 Å². The third kappa shape index (κ3) is 6.08. The molecule has 0 amide bonds. The first-order chi connectivity index (χ1) is 40.6. The van der Waals surface area contributed by atoms with Crippen LogP contribution in [0.3, 0.4) is 0 Å². The predicted octanol–water partition coefficient (Wildman–Crippen LogP) is 20.1. The van der Waals surface area contributed by atoms with Gasteiger partial charge >= 0.3 is 0 Å². The van der Waals surface area contributed by atoms with E-state index in [1.165, 1.54) is 144 Å². The van der Waals surface area contributed by atoms with Crippen molar-refractivity contribution in [3.05, 3.63) is 342 Å². The highest BCUT2D eigenvalue weighted by atomic mass is 15.0. The molecule has 0 aliphatic heterocycles. The molecule has 18 rings (SSSR count). The summed E-state index contributed by atoms with van der Waals surface area (Å²) in [6.07, 6.45) is 0. The Morgan fingerprint density at radius 1 is 0.232 bits per heavy atom. The fourth-order valence-corrected chi connectivity index (χ4v) is 15.4. The van der Waals surface area contributed by atoms with Gasteiger partial charge in [-0.25, -0.2) is 0 Å². The number of fused-ring (bicyclic) bond motifs is 19. The quantitative estimate of drug-likeness (QED) is 0.171. The molecule has 2 heteroatoms. The van der Waals surface area contributed by atoms with Crippen molar-refractivity contribution in [3.8, 4) is 72.4 Å². The van der Waals surface area contributed by atoms with Gasteiger partial charge in [0.05, 0.1) is 21.9 Å². The van der Waals surface area contributed by atoms with Crippen molar-refractivity contribution in [2.24, 2.45) is 0 Å². The van der Waals surface area contributed by atoms with Crippen LogP contribution in [-0.4, -0.2) is 9.55 Å². The zero-order valence-electron chi connectivity index (χ0n) is 44.7.